The smallest absolute Gasteiger partial charge is 0.119 e. The fourth-order valence-electron chi connectivity index (χ4n) is 1.48. The van der Waals surface area contributed by atoms with E-state index < -0.39 is 0 Å². The average molecular weight is 242 g/mol. The first-order valence-electron chi connectivity index (χ1n) is 5.46. The molecular weight excluding hydrogens is 224 g/mol. The standard InChI is InChI=1S/C13H12O.C2H4.CH2O/c14-13-9-5-4-8-12(13)10-11-6-2-1-3-7-11;2*1-2/h1-9,14H,10H2;1-2H2;1H2. The second-order valence-corrected chi connectivity index (χ2v) is 3.29. The molecule has 0 aliphatic carbocycles. The van der Waals surface area contributed by atoms with Crippen molar-refractivity contribution in [3.8, 4) is 5.75 Å². The quantitative estimate of drug-likeness (QED) is 0.817. The minimum absolute atomic E-state index is 0.372. The molecule has 0 saturated carbocycles. The van der Waals surface area contributed by atoms with Gasteiger partial charge in [-0.05, 0) is 17.2 Å². The van der Waals surface area contributed by atoms with Gasteiger partial charge in [-0.1, -0.05) is 48.5 Å². The highest BCUT2D eigenvalue weighted by atomic mass is 16.3. The number of rotatable bonds is 2. The van der Waals surface area contributed by atoms with Crippen molar-refractivity contribution in [3.63, 3.8) is 0 Å². The number of aromatic hydroxyl groups is 1. The van der Waals surface area contributed by atoms with E-state index in [1.807, 2.05) is 43.2 Å². The van der Waals surface area contributed by atoms with Crippen LogP contribution in [0.5, 0.6) is 5.75 Å². The summed E-state index contributed by atoms with van der Waals surface area (Å²) in [6.07, 6.45) is 0.785. The van der Waals surface area contributed by atoms with Crippen molar-refractivity contribution in [2.24, 2.45) is 0 Å². The van der Waals surface area contributed by atoms with Gasteiger partial charge in [-0.15, -0.1) is 13.2 Å². The topological polar surface area (TPSA) is 37.3 Å². The molecule has 0 aliphatic rings. The summed E-state index contributed by atoms with van der Waals surface area (Å²) in [5.41, 5.74) is 2.19. The minimum atomic E-state index is 0.372. The van der Waals surface area contributed by atoms with Gasteiger partial charge in [0.1, 0.15) is 12.5 Å². The lowest BCUT2D eigenvalue weighted by Gasteiger charge is -2.03. The number of hydrogen-bond acceptors (Lipinski definition) is 2. The molecule has 0 amide bonds. The number of benzene rings is 2. The fourth-order valence-corrected chi connectivity index (χ4v) is 1.48. The summed E-state index contributed by atoms with van der Waals surface area (Å²) < 4.78 is 0. The molecule has 2 aromatic rings. The molecule has 0 atom stereocenters. The molecule has 0 saturated heterocycles. The number of carbonyl (C=O) groups excluding carboxylic acids is 1. The van der Waals surface area contributed by atoms with E-state index in [1.165, 1.54) is 5.56 Å². The zero-order chi connectivity index (χ0) is 13.8. The number of carbonyl (C=O) groups is 1. The first-order valence-corrected chi connectivity index (χ1v) is 5.46. The van der Waals surface area contributed by atoms with E-state index in [0.29, 0.717) is 5.75 Å². The number of hydrogen-bond donors (Lipinski definition) is 1. The van der Waals surface area contributed by atoms with Crippen molar-refractivity contribution >= 4 is 6.79 Å². The van der Waals surface area contributed by atoms with Crippen LogP contribution in [-0.2, 0) is 11.2 Å². The van der Waals surface area contributed by atoms with Crippen LogP contribution in [0, 0.1) is 0 Å². The molecule has 2 rings (SSSR count). The highest BCUT2D eigenvalue weighted by Crippen LogP contribution is 2.19. The third-order valence-electron chi connectivity index (χ3n) is 2.23. The summed E-state index contributed by atoms with van der Waals surface area (Å²) in [5.74, 6) is 0.372. The first-order chi connectivity index (χ1) is 8.86. The van der Waals surface area contributed by atoms with E-state index in [0.717, 1.165) is 12.0 Å². The Balaban J connectivity index is 0.000000659. The maximum Gasteiger partial charge on any atom is 0.119 e. The number of phenols is 1. The molecule has 18 heavy (non-hydrogen) atoms. The normalized spacial score (nSPS) is 8.22. The highest BCUT2D eigenvalue weighted by Gasteiger charge is 1.99. The van der Waals surface area contributed by atoms with Gasteiger partial charge in [0.2, 0.25) is 0 Å². The van der Waals surface area contributed by atoms with E-state index in [9.17, 15) is 5.11 Å². The lowest BCUT2D eigenvalue weighted by Crippen LogP contribution is -1.87. The predicted octanol–water partition coefficient (Wildman–Crippen LogP) is 3.60. The molecule has 1 N–H and O–H groups in total. The Morgan fingerprint density at radius 1 is 0.833 bits per heavy atom. The molecule has 0 bridgehead atoms. The number of para-hydroxylation sites is 1. The third kappa shape index (κ3) is 5.12. The van der Waals surface area contributed by atoms with Crippen molar-refractivity contribution in [1.82, 2.24) is 0 Å². The molecule has 2 heteroatoms. The largest absolute Gasteiger partial charge is 0.508 e. The second-order valence-electron chi connectivity index (χ2n) is 3.29. The summed E-state index contributed by atoms with van der Waals surface area (Å²) in [6.45, 7) is 8.00. The predicted molar refractivity (Wildman–Crippen MR) is 75.7 cm³/mol. The summed E-state index contributed by atoms with van der Waals surface area (Å²) in [4.78, 5) is 8.00. The van der Waals surface area contributed by atoms with Crippen LogP contribution in [0.3, 0.4) is 0 Å². The molecule has 0 heterocycles. The van der Waals surface area contributed by atoms with Crippen LogP contribution >= 0.6 is 0 Å². The molecule has 0 unspecified atom stereocenters. The highest BCUT2D eigenvalue weighted by molar-refractivity contribution is 5.36. The number of phenolic OH excluding ortho intramolecular Hbond substituents is 1. The Bertz CT molecular complexity index is 436. The van der Waals surface area contributed by atoms with E-state index >= 15 is 0 Å². The lowest BCUT2D eigenvalue weighted by molar-refractivity contribution is -0.0979. The van der Waals surface area contributed by atoms with Gasteiger partial charge in [0.25, 0.3) is 0 Å². The van der Waals surface area contributed by atoms with Gasteiger partial charge < -0.3 is 9.90 Å². The molecular formula is C16H18O2. The van der Waals surface area contributed by atoms with Gasteiger partial charge in [0.15, 0.2) is 0 Å². The van der Waals surface area contributed by atoms with Gasteiger partial charge in [0.05, 0.1) is 0 Å². The Hall–Kier alpha value is -2.35. The molecule has 0 radical (unpaired) electrons. The van der Waals surface area contributed by atoms with Crippen LogP contribution in [0.15, 0.2) is 67.8 Å². The minimum Gasteiger partial charge on any atom is -0.508 e. The van der Waals surface area contributed by atoms with Gasteiger partial charge in [0, 0.05) is 6.42 Å². The van der Waals surface area contributed by atoms with Crippen LogP contribution in [0.25, 0.3) is 0 Å². The van der Waals surface area contributed by atoms with E-state index in [1.54, 1.807) is 6.07 Å². The zero-order valence-electron chi connectivity index (χ0n) is 10.4. The Labute approximate surface area is 108 Å². The molecule has 0 aromatic heterocycles. The molecule has 94 valence electrons. The monoisotopic (exact) mass is 242 g/mol. The van der Waals surface area contributed by atoms with Crippen LogP contribution in [0.4, 0.5) is 0 Å². The first kappa shape index (κ1) is 15.7. The van der Waals surface area contributed by atoms with E-state index in [-0.39, 0.29) is 0 Å². The average Bonchev–Trinajstić information content (AvgIpc) is 2.47. The maximum atomic E-state index is 9.57. The molecule has 0 fully saturated rings. The van der Waals surface area contributed by atoms with Crippen LogP contribution in [0.1, 0.15) is 11.1 Å². The fraction of sp³-hybridized carbons (Fsp3) is 0.0625. The Morgan fingerprint density at radius 2 is 1.33 bits per heavy atom. The summed E-state index contributed by atoms with van der Waals surface area (Å²) >= 11 is 0. The van der Waals surface area contributed by atoms with Gasteiger partial charge in [-0.3, -0.25) is 0 Å². The van der Waals surface area contributed by atoms with Crippen molar-refractivity contribution in [1.29, 1.82) is 0 Å². The van der Waals surface area contributed by atoms with Crippen molar-refractivity contribution < 1.29 is 9.90 Å². The van der Waals surface area contributed by atoms with Gasteiger partial charge >= 0.3 is 0 Å². The van der Waals surface area contributed by atoms with E-state index in [4.69, 9.17) is 4.79 Å². The van der Waals surface area contributed by atoms with Crippen molar-refractivity contribution in [3.05, 3.63) is 78.9 Å². The molecule has 0 aliphatic heterocycles. The second kappa shape index (κ2) is 9.85. The van der Waals surface area contributed by atoms with Crippen molar-refractivity contribution in [2.75, 3.05) is 0 Å². The molecule has 0 spiro atoms. The summed E-state index contributed by atoms with van der Waals surface area (Å²) in [5, 5.41) is 9.57. The lowest BCUT2D eigenvalue weighted by atomic mass is 10.0. The van der Waals surface area contributed by atoms with Gasteiger partial charge in [-0.25, -0.2) is 0 Å². The maximum absolute atomic E-state index is 9.57. The zero-order valence-corrected chi connectivity index (χ0v) is 10.4. The van der Waals surface area contributed by atoms with Crippen LogP contribution < -0.4 is 0 Å². The Kier molecular flexibility index (Phi) is 8.56. The Morgan fingerprint density at radius 3 is 1.89 bits per heavy atom. The summed E-state index contributed by atoms with van der Waals surface area (Å²) in [7, 11) is 0. The van der Waals surface area contributed by atoms with E-state index in [2.05, 4.69) is 25.3 Å². The molecule has 2 nitrogen and oxygen atoms in total. The van der Waals surface area contributed by atoms with Gasteiger partial charge in [-0.2, -0.15) is 0 Å². The van der Waals surface area contributed by atoms with Crippen molar-refractivity contribution in [2.45, 2.75) is 6.42 Å². The summed E-state index contributed by atoms with van der Waals surface area (Å²) in [6, 6.07) is 17.6. The van der Waals surface area contributed by atoms with Crippen LogP contribution in [0.2, 0.25) is 0 Å². The SMILES string of the molecule is C=C.C=O.Oc1ccccc1Cc1ccccc1. The molecule has 2 aromatic carbocycles. The third-order valence-corrected chi connectivity index (χ3v) is 2.23. The van der Waals surface area contributed by atoms with Crippen LogP contribution in [-0.4, -0.2) is 11.9 Å².